The first kappa shape index (κ1) is 12.0. The van der Waals surface area contributed by atoms with Crippen molar-refractivity contribution >= 4 is 0 Å². The Morgan fingerprint density at radius 3 is 2.87 bits per heavy atom. The molecule has 0 amide bonds. The van der Waals surface area contributed by atoms with Gasteiger partial charge in [0, 0.05) is 13.1 Å². The van der Waals surface area contributed by atoms with Crippen molar-refractivity contribution < 1.29 is 9.84 Å². The van der Waals surface area contributed by atoms with Gasteiger partial charge in [0.1, 0.15) is 11.8 Å². The van der Waals surface area contributed by atoms with Crippen LogP contribution in [0.2, 0.25) is 0 Å². The smallest absolute Gasteiger partial charge is 0.162 e. The fraction of sp³-hybridized carbons (Fsp3) is 0.700. The SMILES string of the molecule is CCNCC(O)c1c(OC)cnn1CC. The van der Waals surface area contributed by atoms with E-state index in [0.717, 1.165) is 18.8 Å². The molecule has 1 atom stereocenters. The standard InChI is InChI=1S/C10H19N3O2/c1-4-11-6-8(14)10-9(15-3)7-12-13(10)5-2/h7-8,11,14H,4-6H2,1-3H3. The lowest BCUT2D eigenvalue weighted by Crippen LogP contribution is -2.23. The summed E-state index contributed by atoms with van der Waals surface area (Å²) < 4.78 is 6.91. The van der Waals surface area contributed by atoms with Gasteiger partial charge in [0.25, 0.3) is 0 Å². The van der Waals surface area contributed by atoms with Crippen molar-refractivity contribution in [1.29, 1.82) is 0 Å². The van der Waals surface area contributed by atoms with E-state index < -0.39 is 6.10 Å². The van der Waals surface area contributed by atoms with E-state index >= 15 is 0 Å². The number of hydrogen-bond acceptors (Lipinski definition) is 4. The molecule has 0 saturated heterocycles. The molecule has 0 aromatic carbocycles. The van der Waals surface area contributed by atoms with Crippen LogP contribution in [0.5, 0.6) is 5.75 Å². The Balaban J connectivity index is 2.83. The lowest BCUT2D eigenvalue weighted by Gasteiger charge is -2.14. The van der Waals surface area contributed by atoms with E-state index in [9.17, 15) is 5.11 Å². The van der Waals surface area contributed by atoms with Crippen LogP contribution < -0.4 is 10.1 Å². The molecule has 1 aromatic heterocycles. The van der Waals surface area contributed by atoms with Crippen LogP contribution in [-0.2, 0) is 6.54 Å². The van der Waals surface area contributed by atoms with Gasteiger partial charge in [-0.1, -0.05) is 6.92 Å². The van der Waals surface area contributed by atoms with E-state index in [2.05, 4.69) is 10.4 Å². The van der Waals surface area contributed by atoms with Gasteiger partial charge in [0.15, 0.2) is 5.75 Å². The lowest BCUT2D eigenvalue weighted by atomic mass is 10.2. The summed E-state index contributed by atoms with van der Waals surface area (Å²) >= 11 is 0. The molecule has 0 aliphatic rings. The van der Waals surface area contributed by atoms with E-state index in [1.807, 2.05) is 13.8 Å². The molecule has 0 bridgehead atoms. The monoisotopic (exact) mass is 213 g/mol. The second kappa shape index (κ2) is 5.72. The molecule has 1 aromatic rings. The van der Waals surface area contributed by atoms with E-state index in [4.69, 9.17) is 4.74 Å². The van der Waals surface area contributed by atoms with Crippen LogP contribution in [0.25, 0.3) is 0 Å². The Bertz CT molecular complexity index is 277. The number of aliphatic hydroxyl groups is 1. The fourth-order valence-corrected chi connectivity index (χ4v) is 1.50. The number of aromatic nitrogens is 2. The molecule has 0 aliphatic carbocycles. The molecule has 1 unspecified atom stereocenters. The molecule has 0 spiro atoms. The maximum atomic E-state index is 9.96. The molecule has 15 heavy (non-hydrogen) atoms. The van der Waals surface area contributed by atoms with Gasteiger partial charge in [-0.15, -0.1) is 0 Å². The first-order chi connectivity index (χ1) is 7.24. The van der Waals surface area contributed by atoms with E-state index in [1.165, 1.54) is 0 Å². The average molecular weight is 213 g/mol. The van der Waals surface area contributed by atoms with Crippen LogP contribution in [0, 0.1) is 0 Å². The zero-order chi connectivity index (χ0) is 11.3. The van der Waals surface area contributed by atoms with Crippen molar-refractivity contribution in [2.75, 3.05) is 20.2 Å². The van der Waals surface area contributed by atoms with Crippen molar-refractivity contribution in [3.05, 3.63) is 11.9 Å². The third-order valence-electron chi connectivity index (χ3n) is 2.27. The summed E-state index contributed by atoms with van der Waals surface area (Å²) in [6.45, 7) is 6.05. The van der Waals surface area contributed by atoms with Crippen molar-refractivity contribution in [2.24, 2.45) is 0 Å². The van der Waals surface area contributed by atoms with Gasteiger partial charge < -0.3 is 15.2 Å². The van der Waals surface area contributed by atoms with E-state index in [-0.39, 0.29) is 0 Å². The minimum atomic E-state index is -0.581. The number of aryl methyl sites for hydroxylation is 1. The highest BCUT2D eigenvalue weighted by Crippen LogP contribution is 2.24. The lowest BCUT2D eigenvalue weighted by molar-refractivity contribution is 0.160. The molecule has 1 heterocycles. The third kappa shape index (κ3) is 2.70. The van der Waals surface area contributed by atoms with Crippen molar-refractivity contribution in [2.45, 2.75) is 26.5 Å². The number of ether oxygens (including phenoxy) is 1. The van der Waals surface area contributed by atoms with Gasteiger partial charge in [0.05, 0.1) is 13.3 Å². The van der Waals surface area contributed by atoms with Gasteiger partial charge >= 0.3 is 0 Å². The van der Waals surface area contributed by atoms with E-state index in [1.54, 1.807) is 18.0 Å². The molecule has 2 N–H and O–H groups in total. The average Bonchev–Trinajstić information content (AvgIpc) is 2.68. The topological polar surface area (TPSA) is 59.3 Å². The van der Waals surface area contributed by atoms with Crippen molar-refractivity contribution in [3.8, 4) is 5.75 Å². The highest BCUT2D eigenvalue weighted by molar-refractivity contribution is 5.27. The Labute approximate surface area is 90.1 Å². The maximum Gasteiger partial charge on any atom is 0.162 e. The van der Waals surface area contributed by atoms with Crippen molar-refractivity contribution in [1.82, 2.24) is 15.1 Å². The molecule has 86 valence electrons. The van der Waals surface area contributed by atoms with Crippen LogP contribution in [0.4, 0.5) is 0 Å². The summed E-state index contributed by atoms with van der Waals surface area (Å²) in [5.74, 6) is 0.641. The molecule has 0 radical (unpaired) electrons. The number of aliphatic hydroxyl groups excluding tert-OH is 1. The van der Waals surface area contributed by atoms with Crippen LogP contribution in [0.3, 0.4) is 0 Å². The Hall–Kier alpha value is -1.07. The summed E-state index contributed by atoms with van der Waals surface area (Å²) in [5.41, 5.74) is 0.737. The first-order valence-electron chi connectivity index (χ1n) is 5.23. The van der Waals surface area contributed by atoms with Gasteiger partial charge in [-0.25, -0.2) is 0 Å². The van der Waals surface area contributed by atoms with Crippen LogP contribution >= 0.6 is 0 Å². The molecule has 0 saturated carbocycles. The molecule has 0 aliphatic heterocycles. The zero-order valence-corrected chi connectivity index (χ0v) is 9.53. The van der Waals surface area contributed by atoms with Crippen molar-refractivity contribution in [3.63, 3.8) is 0 Å². The normalized spacial score (nSPS) is 12.8. The molecular formula is C10H19N3O2. The predicted molar refractivity (Wildman–Crippen MR) is 58.0 cm³/mol. The van der Waals surface area contributed by atoms with Crippen LogP contribution in [-0.4, -0.2) is 35.1 Å². The molecule has 0 fully saturated rings. The quantitative estimate of drug-likeness (QED) is 0.724. The van der Waals surface area contributed by atoms with Gasteiger partial charge in [-0.3, -0.25) is 4.68 Å². The Morgan fingerprint density at radius 1 is 1.60 bits per heavy atom. The van der Waals surface area contributed by atoms with Gasteiger partial charge in [0.2, 0.25) is 0 Å². The Morgan fingerprint density at radius 2 is 2.33 bits per heavy atom. The summed E-state index contributed by atoms with van der Waals surface area (Å²) in [6, 6.07) is 0. The molecule has 5 nitrogen and oxygen atoms in total. The van der Waals surface area contributed by atoms with Crippen LogP contribution in [0.1, 0.15) is 25.6 Å². The van der Waals surface area contributed by atoms with Gasteiger partial charge in [-0.05, 0) is 13.5 Å². The maximum absolute atomic E-state index is 9.96. The second-order valence-corrected chi connectivity index (χ2v) is 3.24. The molecular weight excluding hydrogens is 194 g/mol. The first-order valence-corrected chi connectivity index (χ1v) is 5.23. The van der Waals surface area contributed by atoms with Crippen LogP contribution in [0.15, 0.2) is 6.20 Å². The molecule has 5 heteroatoms. The second-order valence-electron chi connectivity index (χ2n) is 3.24. The number of likely N-dealkylation sites (N-methyl/N-ethyl adjacent to an activating group) is 1. The summed E-state index contributed by atoms with van der Waals surface area (Å²) in [6.07, 6.45) is 1.05. The molecule has 1 rings (SSSR count). The largest absolute Gasteiger partial charge is 0.493 e. The highest BCUT2D eigenvalue weighted by atomic mass is 16.5. The third-order valence-corrected chi connectivity index (χ3v) is 2.27. The summed E-state index contributed by atoms with van der Waals surface area (Å²) in [4.78, 5) is 0. The number of hydrogen-bond donors (Lipinski definition) is 2. The number of rotatable bonds is 6. The highest BCUT2D eigenvalue weighted by Gasteiger charge is 2.18. The number of nitrogens with one attached hydrogen (secondary N) is 1. The zero-order valence-electron chi connectivity index (χ0n) is 9.53. The Kier molecular flexibility index (Phi) is 4.58. The van der Waals surface area contributed by atoms with Gasteiger partial charge in [-0.2, -0.15) is 5.10 Å². The summed E-state index contributed by atoms with van der Waals surface area (Å²) in [7, 11) is 1.58. The predicted octanol–water partition coefficient (Wildman–Crippen LogP) is 0.554. The minimum Gasteiger partial charge on any atom is -0.493 e. The number of methoxy groups -OCH3 is 1. The van der Waals surface area contributed by atoms with E-state index in [0.29, 0.717) is 12.3 Å². The fourth-order valence-electron chi connectivity index (χ4n) is 1.50. The number of nitrogens with zero attached hydrogens (tertiary/aromatic N) is 2. The minimum absolute atomic E-state index is 0.512. The summed E-state index contributed by atoms with van der Waals surface area (Å²) in [5, 5.41) is 17.2.